The van der Waals surface area contributed by atoms with Crippen LogP contribution in [0.5, 0.6) is 0 Å². The molecule has 0 amide bonds. The highest BCUT2D eigenvalue weighted by atomic mass is 16.5. The first-order chi connectivity index (χ1) is 9.05. The highest BCUT2D eigenvalue weighted by molar-refractivity contribution is 5.75. The van der Waals surface area contributed by atoms with E-state index in [1.807, 2.05) is 0 Å². The van der Waals surface area contributed by atoms with Crippen LogP contribution >= 0.6 is 0 Å². The van der Waals surface area contributed by atoms with Crippen molar-refractivity contribution in [3.63, 3.8) is 0 Å². The van der Waals surface area contributed by atoms with Gasteiger partial charge in [0.15, 0.2) is 11.8 Å². The molecular formula is C12H11N3O4. The van der Waals surface area contributed by atoms with Gasteiger partial charge in [0.1, 0.15) is 0 Å². The number of aromatic nitrogens is 2. The molecule has 3 N–H and O–H groups in total. The molecule has 0 radical (unpaired) electrons. The molecule has 1 aromatic heterocycles. The summed E-state index contributed by atoms with van der Waals surface area (Å²) >= 11 is 0. The molecule has 0 unspecified atom stereocenters. The Kier molecular flexibility index (Phi) is 3.21. The highest BCUT2D eigenvalue weighted by Gasteiger charge is 2.34. The summed E-state index contributed by atoms with van der Waals surface area (Å²) < 4.78 is 6.51. The lowest BCUT2D eigenvalue weighted by atomic mass is 10.1. The maximum atomic E-state index is 11.7. The number of hydrogen-bond acceptors (Lipinski definition) is 5. The molecule has 2 rings (SSSR count). The lowest BCUT2D eigenvalue weighted by Gasteiger charge is -2.21. The molecule has 2 atom stereocenters. The molecule has 1 aromatic rings. The molecular weight excluding hydrogens is 250 g/mol. The minimum atomic E-state index is -1.27. The monoisotopic (exact) mass is 261 g/mol. The molecule has 0 spiro atoms. The Labute approximate surface area is 107 Å². The van der Waals surface area contributed by atoms with E-state index >= 15 is 0 Å². The number of aromatic amines is 1. The van der Waals surface area contributed by atoms with Gasteiger partial charge in [-0.1, -0.05) is 5.92 Å². The number of aliphatic hydroxyl groups is 1. The average Bonchev–Trinajstić information content (AvgIpc) is 2.84. The first-order valence-electron chi connectivity index (χ1n) is 5.37. The number of nitrogens with one attached hydrogen (secondary N) is 2. The van der Waals surface area contributed by atoms with Gasteiger partial charge in [0.05, 0.1) is 12.2 Å². The molecule has 0 saturated heterocycles. The van der Waals surface area contributed by atoms with E-state index < -0.39 is 29.7 Å². The molecule has 0 aliphatic carbocycles. The number of ether oxygens (including phenoxy) is 1. The standard InChI is InChI=1S/C12H11N3O4/c1-2-12(7-16)4-3-9(19-12)15-6-8(5-13)10(17)14-11(15)18/h1,3-6,9,13,16H,7H2,(H,14,17,18)/t9-,12+/m1/s1. The molecule has 1 aliphatic rings. The second kappa shape index (κ2) is 4.68. The van der Waals surface area contributed by atoms with Gasteiger partial charge in [-0.2, -0.15) is 0 Å². The average molecular weight is 261 g/mol. The van der Waals surface area contributed by atoms with Gasteiger partial charge >= 0.3 is 5.69 Å². The predicted molar refractivity (Wildman–Crippen MR) is 67.1 cm³/mol. The third kappa shape index (κ3) is 2.14. The van der Waals surface area contributed by atoms with Crippen molar-refractivity contribution >= 4 is 6.21 Å². The first kappa shape index (κ1) is 13.0. The molecule has 0 aromatic carbocycles. The summed E-state index contributed by atoms with van der Waals surface area (Å²) in [6, 6.07) is 0. The Hall–Kier alpha value is -2.43. The maximum Gasteiger partial charge on any atom is 0.330 e. The molecule has 1 aliphatic heterocycles. The van der Waals surface area contributed by atoms with Gasteiger partial charge in [-0.05, 0) is 12.2 Å². The summed E-state index contributed by atoms with van der Waals surface area (Å²) in [6.07, 6.45) is 9.43. The summed E-state index contributed by atoms with van der Waals surface area (Å²) in [5.74, 6) is 2.30. The minimum absolute atomic E-state index is 0.0128. The molecule has 98 valence electrons. The van der Waals surface area contributed by atoms with E-state index in [0.29, 0.717) is 0 Å². The zero-order valence-corrected chi connectivity index (χ0v) is 9.79. The minimum Gasteiger partial charge on any atom is -0.392 e. The van der Waals surface area contributed by atoms with Crippen LogP contribution in [0, 0.1) is 17.8 Å². The molecule has 0 fully saturated rings. The van der Waals surface area contributed by atoms with Crippen molar-refractivity contribution in [2.45, 2.75) is 11.8 Å². The lowest BCUT2D eigenvalue weighted by molar-refractivity contribution is -0.0502. The SMILES string of the molecule is C#C[C@@]1(CO)C=C[C@H](n2cc(C=N)c(=O)[nH]c2=O)O1. The summed E-state index contributed by atoms with van der Waals surface area (Å²) in [4.78, 5) is 25.1. The summed E-state index contributed by atoms with van der Waals surface area (Å²) in [5.41, 5.74) is -2.59. The van der Waals surface area contributed by atoms with Crippen molar-refractivity contribution in [1.82, 2.24) is 9.55 Å². The topological polar surface area (TPSA) is 108 Å². The van der Waals surface area contributed by atoms with Crippen LogP contribution in [0.25, 0.3) is 0 Å². The van der Waals surface area contributed by atoms with E-state index in [-0.39, 0.29) is 5.56 Å². The maximum absolute atomic E-state index is 11.7. The van der Waals surface area contributed by atoms with Crippen LogP contribution in [0.3, 0.4) is 0 Å². The van der Waals surface area contributed by atoms with Crippen LogP contribution in [0.2, 0.25) is 0 Å². The lowest BCUT2D eigenvalue weighted by Crippen LogP contribution is -2.37. The van der Waals surface area contributed by atoms with Crippen LogP contribution in [0.1, 0.15) is 11.8 Å². The smallest absolute Gasteiger partial charge is 0.330 e. The van der Waals surface area contributed by atoms with Crippen LogP contribution in [-0.2, 0) is 4.74 Å². The fourth-order valence-corrected chi connectivity index (χ4v) is 1.69. The number of hydrogen-bond donors (Lipinski definition) is 3. The Morgan fingerprint density at radius 3 is 2.95 bits per heavy atom. The third-order valence-corrected chi connectivity index (χ3v) is 2.77. The van der Waals surface area contributed by atoms with Gasteiger partial charge < -0.3 is 15.3 Å². The molecule has 2 heterocycles. The van der Waals surface area contributed by atoms with Gasteiger partial charge in [-0.25, -0.2) is 4.79 Å². The number of H-pyrrole nitrogens is 1. The Bertz CT molecular complexity index is 694. The van der Waals surface area contributed by atoms with Crippen molar-refractivity contribution < 1.29 is 9.84 Å². The van der Waals surface area contributed by atoms with Gasteiger partial charge in [-0.15, -0.1) is 6.42 Å². The molecule has 0 bridgehead atoms. The van der Waals surface area contributed by atoms with Crippen molar-refractivity contribution in [3.05, 3.63) is 44.8 Å². The van der Waals surface area contributed by atoms with Crippen molar-refractivity contribution in [1.29, 1.82) is 5.41 Å². The summed E-state index contributed by atoms with van der Waals surface area (Å²) in [7, 11) is 0. The van der Waals surface area contributed by atoms with Crippen LogP contribution in [0.15, 0.2) is 27.9 Å². The van der Waals surface area contributed by atoms with Crippen molar-refractivity contribution in [3.8, 4) is 12.3 Å². The van der Waals surface area contributed by atoms with Crippen molar-refractivity contribution in [2.24, 2.45) is 0 Å². The fraction of sp³-hybridized carbons (Fsp3) is 0.250. The largest absolute Gasteiger partial charge is 0.392 e. The summed E-state index contributed by atoms with van der Waals surface area (Å²) in [6.45, 7) is -0.425. The quantitative estimate of drug-likeness (QED) is 0.368. The first-order valence-corrected chi connectivity index (χ1v) is 5.37. The van der Waals surface area contributed by atoms with Crippen LogP contribution < -0.4 is 11.2 Å². The Morgan fingerprint density at radius 1 is 1.68 bits per heavy atom. The van der Waals surface area contributed by atoms with E-state index in [2.05, 4.69) is 10.9 Å². The van der Waals surface area contributed by atoms with E-state index in [0.717, 1.165) is 10.8 Å². The summed E-state index contributed by atoms with van der Waals surface area (Å²) in [5, 5.41) is 16.3. The zero-order chi connectivity index (χ0) is 14.0. The number of nitrogens with zero attached hydrogens (tertiary/aromatic N) is 1. The number of aliphatic hydroxyl groups excluding tert-OH is 1. The highest BCUT2D eigenvalue weighted by Crippen LogP contribution is 2.27. The normalized spacial score (nSPS) is 25.2. The van der Waals surface area contributed by atoms with Gasteiger partial charge in [-0.3, -0.25) is 14.3 Å². The Balaban J connectivity index is 2.44. The molecule has 7 nitrogen and oxygen atoms in total. The van der Waals surface area contributed by atoms with E-state index in [9.17, 15) is 14.7 Å². The molecule has 19 heavy (non-hydrogen) atoms. The Morgan fingerprint density at radius 2 is 2.42 bits per heavy atom. The molecule has 7 heteroatoms. The van der Waals surface area contributed by atoms with Gasteiger partial charge in [0, 0.05) is 12.4 Å². The fourth-order valence-electron chi connectivity index (χ4n) is 1.69. The second-order valence-electron chi connectivity index (χ2n) is 3.95. The van der Waals surface area contributed by atoms with Gasteiger partial charge in [0.2, 0.25) is 0 Å². The number of rotatable bonds is 3. The third-order valence-electron chi connectivity index (χ3n) is 2.77. The predicted octanol–water partition coefficient (Wildman–Crippen LogP) is -1.02. The zero-order valence-electron chi connectivity index (χ0n) is 9.79. The van der Waals surface area contributed by atoms with Crippen molar-refractivity contribution in [2.75, 3.05) is 6.61 Å². The van der Waals surface area contributed by atoms with Crippen LogP contribution in [-0.4, -0.2) is 33.1 Å². The van der Waals surface area contributed by atoms with E-state index in [4.69, 9.17) is 16.6 Å². The van der Waals surface area contributed by atoms with E-state index in [1.54, 1.807) is 0 Å². The van der Waals surface area contributed by atoms with E-state index in [1.165, 1.54) is 18.3 Å². The molecule has 0 saturated carbocycles. The second-order valence-corrected chi connectivity index (χ2v) is 3.95. The van der Waals surface area contributed by atoms with Gasteiger partial charge in [0.25, 0.3) is 5.56 Å². The number of terminal acetylenes is 1. The van der Waals surface area contributed by atoms with Crippen LogP contribution in [0.4, 0.5) is 0 Å².